The molecule has 0 saturated carbocycles. The van der Waals surface area contributed by atoms with Crippen molar-refractivity contribution in [1.29, 1.82) is 0 Å². The molecule has 0 aliphatic heterocycles. The van der Waals surface area contributed by atoms with Crippen LogP contribution in [0.2, 0.25) is 0 Å². The molecular formula is C17H20O3. The maximum Gasteiger partial charge on any atom is 0.122 e. The molecule has 0 amide bonds. The van der Waals surface area contributed by atoms with Crippen LogP contribution in [-0.2, 0) is 6.42 Å². The molecule has 0 spiro atoms. The van der Waals surface area contributed by atoms with E-state index in [0.717, 1.165) is 12.0 Å². The van der Waals surface area contributed by atoms with Gasteiger partial charge < -0.3 is 14.6 Å². The van der Waals surface area contributed by atoms with Crippen LogP contribution in [0.5, 0.6) is 11.5 Å². The van der Waals surface area contributed by atoms with Gasteiger partial charge in [-0.1, -0.05) is 30.3 Å². The van der Waals surface area contributed by atoms with Gasteiger partial charge in [-0.05, 0) is 36.1 Å². The summed E-state index contributed by atoms with van der Waals surface area (Å²) < 4.78 is 10.4. The summed E-state index contributed by atoms with van der Waals surface area (Å²) in [6.07, 6.45) is 0.973. The Kier molecular flexibility index (Phi) is 5.02. The minimum atomic E-state index is -0.529. The van der Waals surface area contributed by atoms with E-state index >= 15 is 0 Å². The smallest absolute Gasteiger partial charge is 0.122 e. The van der Waals surface area contributed by atoms with E-state index in [1.807, 2.05) is 30.3 Å². The minimum Gasteiger partial charge on any atom is -0.497 e. The number of methoxy groups -OCH3 is 2. The van der Waals surface area contributed by atoms with Gasteiger partial charge in [-0.3, -0.25) is 0 Å². The van der Waals surface area contributed by atoms with Gasteiger partial charge in [-0.2, -0.15) is 0 Å². The number of aliphatic hydroxyl groups is 1. The summed E-state index contributed by atoms with van der Waals surface area (Å²) >= 11 is 0. The summed E-state index contributed by atoms with van der Waals surface area (Å²) in [5.74, 6) is 1.39. The zero-order valence-corrected chi connectivity index (χ0v) is 11.9. The van der Waals surface area contributed by atoms with Crippen LogP contribution in [0.25, 0.3) is 0 Å². The molecule has 2 aromatic rings. The Morgan fingerprint density at radius 3 is 2.10 bits per heavy atom. The second-order valence-electron chi connectivity index (χ2n) is 4.69. The molecule has 1 N–H and O–H groups in total. The highest BCUT2D eigenvalue weighted by molar-refractivity contribution is 5.39. The monoisotopic (exact) mass is 272 g/mol. The first-order chi connectivity index (χ1) is 9.72. The molecule has 0 radical (unpaired) electrons. The van der Waals surface area contributed by atoms with E-state index in [1.54, 1.807) is 20.3 Å². The molecule has 20 heavy (non-hydrogen) atoms. The Balaban J connectivity index is 2.06. The second kappa shape index (κ2) is 6.96. The molecule has 1 atom stereocenters. The number of ether oxygens (including phenoxy) is 2. The van der Waals surface area contributed by atoms with Crippen molar-refractivity contribution in [2.24, 2.45) is 0 Å². The molecule has 2 aromatic carbocycles. The lowest BCUT2D eigenvalue weighted by Gasteiger charge is -2.14. The third kappa shape index (κ3) is 3.75. The molecule has 0 aliphatic carbocycles. The van der Waals surface area contributed by atoms with Gasteiger partial charge in [-0.25, -0.2) is 0 Å². The summed E-state index contributed by atoms with van der Waals surface area (Å²) in [6.45, 7) is 0. The summed E-state index contributed by atoms with van der Waals surface area (Å²) in [5.41, 5.74) is 2.04. The summed E-state index contributed by atoms with van der Waals surface area (Å²) in [7, 11) is 3.21. The Bertz CT molecular complexity index is 515. The lowest BCUT2D eigenvalue weighted by molar-refractivity contribution is 0.167. The second-order valence-corrected chi connectivity index (χ2v) is 4.69. The van der Waals surface area contributed by atoms with Crippen molar-refractivity contribution in [3.05, 3.63) is 59.7 Å². The molecule has 0 heterocycles. The highest BCUT2D eigenvalue weighted by Crippen LogP contribution is 2.28. The molecule has 0 aromatic heterocycles. The summed E-state index contributed by atoms with van der Waals surface area (Å²) in [6, 6.07) is 15.6. The van der Waals surface area contributed by atoms with Crippen molar-refractivity contribution >= 4 is 0 Å². The molecule has 0 unspecified atom stereocenters. The first kappa shape index (κ1) is 14.4. The van der Waals surface area contributed by atoms with Gasteiger partial charge in [0.15, 0.2) is 0 Å². The molecule has 0 aliphatic rings. The van der Waals surface area contributed by atoms with Crippen molar-refractivity contribution in [3.8, 4) is 11.5 Å². The molecule has 2 rings (SSSR count). The van der Waals surface area contributed by atoms with Crippen LogP contribution in [0.1, 0.15) is 23.7 Å². The Morgan fingerprint density at radius 2 is 1.55 bits per heavy atom. The molecule has 3 heteroatoms. The number of aliphatic hydroxyl groups excluding tert-OH is 1. The third-order valence-electron chi connectivity index (χ3n) is 3.31. The average Bonchev–Trinajstić information content (AvgIpc) is 2.52. The molecule has 106 valence electrons. The van der Waals surface area contributed by atoms with E-state index in [9.17, 15) is 5.11 Å². The molecule has 0 bridgehead atoms. The summed E-state index contributed by atoms with van der Waals surface area (Å²) in [5, 5.41) is 10.3. The average molecular weight is 272 g/mol. The van der Waals surface area contributed by atoms with Gasteiger partial charge in [0.05, 0.1) is 20.3 Å². The predicted octanol–water partition coefficient (Wildman–Crippen LogP) is 3.37. The topological polar surface area (TPSA) is 38.7 Å². The van der Waals surface area contributed by atoms with E-state index < -0.39 is 6.10 Å². The van der Waals surface area contributed by atoms with Crippen LogP contribution >= 0.6 is 0 Å². The zero-order valence-electron chi connectivity index (χ0n) is 11.9. The van der Waals surface area contributed by atoms with E-state index in [-0.39, 0.29) is 0 Å². The predicted molar refractivity (Wildman–Crippen MR) is 79.3 cm³/mol. The van der Waals surface area contributed by atoms with E-state index in [4.69, 9.17) is 9.47 Å². The summed E-state index contributed by atoms with van der Waals surface area (Å²) in [4.78, 5) is 0. The molecular weight excluding hydrogens is 252 g/mol. The quantitative estimate of drug-likeness (QED) is 0.876. The number of hydrogen-bond acceptors (Lipinski definition) is 3. The van der Waals surface area contributed by atoms with Gasteiger partial charge in [0, 0.05) is 6.07 Å². The highest BCUT2D eigenvalue weighted by atomic mass is 16.5. The Labute approximate surface area is 119 Å². The van der Waals surface area contributed by atoms with E-state index in [1.165, 1.54) is 5.56 Å². The molecule has 0 saturated heterocycles. The van der Waals surface area contributed by atoms with E-state index in [0.29, 0.717) is 17.9 Å². The van der Waals surface area contributed by atoms with Gasteiger partial charge in [0.25, 0.3) is 0 Å². The van der Waals surface area contributed by atoms with Crippen molar-refractivity contribution in [1.82, 2.24) is 0 Å². The standard InChI is InChI=1S/C17H20O3/c1-19-15-10-14(11-16(12-15)20-2)17(18)9-8-13-6-4-3-5-7-13/h3-7,10-12,17-18H,8-9H2,1-2H3/t17-/m1/s1. The number of hydrogen-bond donors (Lipinski definition) is 1. The van der Waals surface area contributed by atoms with Crippen LogP contribution in [0.3, 0.4) is 0 Å². The van der Waals surface area contributed by atoms with Crippen LogP contribution in [-0.4, -0.2) is 19.3 Å². The van der Waals surface area contributed by atoms with Gasteiger partial charge >= 0.3 is 0 Å². The maximum absolute atomic E-state index is 10.3. The largest absolute Gasteiger partial charge is 0.497 e. The number of benzene rings is 2. The highest BCUT2D eigenvalue weighted by Gasteiger charge is 2.11. The van der Waals surface area contributed by atoms with Crippen molar-refractivity contribution in [2.45, 2.75) is 18.9 Å². The van der Waals surface area contributed by atoms with Gasteiger partial charge in [0.1, 0.15) is 11.5 Å². The fourth-order valence-electron chi connectivity index (χ4n) is 2.14. The Morgan fingerprint density at radius 1 is 0.950 bits per heavy atom. The fraction of sp³-hybridized carbons (Fsp3) is 0.294. The van der Waals surface area contributed by atoms with Crippen LogP contribution in [0.15, 0.2) is 48.5 Å². The lowest BCUT2D eigenvalue weighted by Crippen LogP contribution is -2.01. The van der Waals surface area contributed by atoms with Crippen molar-refractivity contribution in [2.75, 3.05) is 14.2 Å². The van der Waals surface area contributed by atoms with Crippen LogP contribution in [0, 0.1) is 0 Å². The van der Waals surface area contributed by atoms with Gasteiger partial charge in [-0.15, -0.1) is 0 Å². The molecule has 0 fully saturated rings. The zero-order chi connectivity index (χ0) is 14.4. The Hall–Kier alpha value is -2.00. The number of rotatable bonds is 6. The molecule has 3 nitrogen and oxygen atoms in total. The third-order valence-corrected chi connectivity index (χ3v) is 3.31. The van der Waals surface area contributed by atoms with Crippen molar-refractivity contribution < 1.29 is 14.6 Å². The number of aryl methyl sites for hydroxylation is 1. The fourth-order valence-corrected chi connectivity index (χ4v) is 2.14. The van der Waals surface area contributed by atoms with Crippen LogP contribution < -0.4 is 9.47 Å². The first-order valence-corrected chi connectivity index (χ1v) is 6.68. The van der Waals surface area contributed by atoms with Gasteiger partial charge in [0.2, 0.25) is 0 Å². The SMILES string of the molecule is COc1cc(OC)cc([C@H](O)CCc2ccccc2)c1. The van der Waals surface area contributed by atoms with E-state index in [2.05, 4.69) is 12.1 Å². The van der Waals surface area contributed by atoms with Crippen molar-refractivity contribution in [3.63, 3.8) is 0 Å². The normalized spacial score (nSPS) is 11.9. The lowest BCUT2D eigenvalue weighted by atomic mass is 10.0. The first-order valence-electron chi connectivity index (χ1n) is 6.68. The maximum atomic E-state index is 10.3. The van der Waals surface area contributed by atoms with Crippen LogP contribution in [0.4, 0.5) is 0 Å². The minimum absolute atomic E-state index is 0.529.